The van der Waals surface area contributed by atoms with E-state index in [0.717, 1.165) is 10.2 Å². The average Bonchev–Trinajstić information content (AvgIpc) is 3.23. The van der Waals surface area contributed by atoms with Gasteiger partial charge in [0.2, 0.25) is 5.75 Å². The minimum absolute atomic E-state index is 0.00954. The van der Waals surface area contributed by atoms with Gasteiger partial charge >= 0.3 is 10.1 Å². The van der Waals surface area contributed by atoms with Crippen molar-refractivity contribution in [2.75, 3.05) is 7.11 Å². The lowest BCUT2D eigenvalue weighted by Gasteiger charge is -2.13. The number of para-hydroxylation sites is 1. The number of nitrogens with zero attached hydrogens (tertiary/aromatic N) is 2. The molecule has 1 aromatic heterocycles. The van der Waals surface area contributed by atoms with Crippen molar-refractivity contribution in [1.29, 1.82) is 5.26 Å². The van der Waals surface area contributed by atoms with Gasteiger partial charge in [-0.15, -0.1) is 11.3 Å². The Morgan fingerprint density at radius 3 is 2.53 bits per heavy atom. The summed E-state index contributed by atoms with van der Waals surface area (Å²) in [7, 11) is -2.73. The number of fused-ring (bicyclic) bond motifs is 1. The molecule has 0 atom stereocenters. The van der Waals surface area contributed by atoms with Gasteiger partial charge in [0, 0.05) is 0 Å². The number of nitriles is 1. The molecule has 0 aliphatic heterocycles. The standard InChI is InChI=1S/C23H15ClN2O4S2/c1-29-20-13-15(11-16(14-25)23-26-19-9-5-6-10-21(19)31-23)12-18(24)22(20)30-32(27,28)17-7-3-2-4-8-17/h2-13H,1H3/b16-11+. The highest BCUT2D eigenvalue weighted by Gasteiger charge is 2.22. The van der Waals surface area contributed by atoms with E-state index < -0.39 is 10.1 Å². The molecule has 0 amide bonds. The van der Waals surface area contributed by atoms with Crippen LogP contribution in [0.1, 0.15) is 10.6 Å². The molecule has 32 heavy (non-hydrogen) atoms. The monoisotopic (exact) mass is 482 g/mol. The van der Waals surface area contributed by atoms with Crippen molar-refractivity contribution in [1.82, 2.24) is 4.98 Å². The predicted octanol–water partition coefficient (Wildman–Crippen LogP) is 5.79. The first-order valence-corrected chi connectivity index (χ1v) is 11.9. The topological polar surface area (TPSA) is 89.3 Å². The number of ether oxygens (including phenoxy) is 1. The van der Waals surface area contributed by atoms with Crippen LogP contribution >= 0.6 is 22.9 Å². The molecule has 0 fully saturated rings. The van der Waals surface area contributed by atoms with E-state index in [4.69, 9.17) is 20.5 Å². The lowest BCUT2D eigenvalue weighted by molar-refractivity contribution is 0.390. The van der Waals surface area contributed by atoms with Crippen LogP contribution in [0.3, 0.4) is 0 Å². The molecular formula is C23H15ClN2O4S2. The van der Waals surface area contributed by atoms with E-state index in [2.05, 4.69) is 11.1 Å². The normalized spacial score (nSPS) is 11.8. The van der Waals surface area contributed by atoms with Crippen molar-refractivity contribution in [3.8, 4) is 17.6 Å². The second kappa shape index (κ2) is 9.01. The van der Waals surface area contributed by atoms with Crippen LogP contribution in [0.15, 0.2) is 71.6 Å². The maximum Gasteiger partial charge on any atom is 0.339 e. The number of methoxy groups -OCH3 is 1. The second-order valence-corrected chi connectivity index (χ2v) is 9.53. The lowest BCUT2D eigenvalue weighted by atomic mass is 10.1. The molecule has 0 unspecified atom stereocenters. The van der Waals surface area contributed by atoms with Crippen LogP contribution in [0.4, 0.5) is 0 Å². The quantitative estimate of drug-likeness (QED) is 0.255. The van der Waals surface area contributed by atoms with Crippen LogP contribution in [0, 0.1) is 11.3 Å². The maximum absolute atomic E-state index is 12.6. The Hall–Kier alpha value is -3.38. The molecule has 0 radical (unpaired) electrons. The maximum atomic E-state index is 12.6. The van der Waals surface area contributed by atoms with E-state index in [1.807, 2.05) is 24.3 Å². The Morgan fingerprint density at radius 2 is 1.84 bits per heavy atom. The van der Waals surface area contributed by atoms with Crippen LogP contribution in [0.5, 0.6) is 11.5 Å². The number of benzene rings is 3. The first-order valence-electron chi connectivity index (χ1n) is 9.26. The van der Waals surface area contributed by atoms with Crippen molar-refractivity contribution in [3.63, 3.8) is 0 Å². The van der Waals surface area contributed by atoms with Crippen LogP contribution < -0.4 is 8.92 Å². The molecule has 0 N–H and O–H groups in total. The zero-order chi connectivity index (χ0) is 22.7. The smallest absolute Gasteiger partial charge is 0.339 e. The number of hydrogen-bond acceptors (Lipinski definition) is 7. The average molecular weight is 483 g/mol. The number of aromatic nitrogens is 1. The fourth-order valence-corrected chi connectivity index (χ4v) is 5.16. The zero-order valence-corrected chi connectivity index (χ0v) is 19.0. The Balaban J connectivity index is 1.72. The van der Waals surface area contributed by atoms with Crippen molar-refractivity contribution in [3.05, 3.63) is 82.3 Å². The molecule has 0 bridgehead atoms. The van der Waals surface area contributed by atoms with Gasteiger partial charge < -0.3 is 8.92 Å². The lowest BCUT2D eigenvalue weighted by Crippen LogP contribution is -2.10. The summed E-state index contributed by atoms with van der Waals surface area (Å²) in [5.74, 6) is -0.0153. The molecule has 4 aromatic rings. The Bertz CT molecular complexity index is 1440. The van der Waals surface area contributed by atoms with E-state index in [-0.39, 0.29) is 21.4 Å². The van der Waals surface area contributed by atoms with Gasteiger partial charge in [-0.05, 0) is 48.0 Å². The van der Waals surface area contributed by atoms with Crippen molar-refractivity contribution in [2.24, 2.45) is 0 Å². The van der Waals surface area contributed by atoms with E-state index in [1.54, 1.807) is 30.3 Å². The molecule has 0 aliphatic carbocycles. The van der Waals surface area contributed by atoms with Gasteiger partial charge in [0.1, 0.15) is 16.0 Å². The van der Waals surface area contributed by atoms with Gasteiger partial charge in [-0.1, -0.05) is 41.9 Å². The highest BCUT2D eigenvalue weighted by molar-refractivity contribution is 7.87. The molecule has 0 saturated heterocycles. The third-order valence-corrected chi connectivity index (χ3v) is 7.02. The molecule has 3 aromatic carbocycles. The van der Waals surface area contributed by atoms with Crippen LogP contribution in [-0.2, 0) is 10.1 Å². The number of allylic oxidation sites excluding steroid dienone is 1. The highest BCUT2D eigenvalue weighted by atomic mass is 35.5. The van der Waals surface area contributed by atoms with Gasteiger partial charge in [-0.25, -0.2) is 4.98 Å². The summed E-state index contributed by atoms with van der Waals surface area (Å²) in [4.78, 5) is 4.49. The molecule has 160 valence electrons. The molecule has 0 aliphatic rings. The van der Waals surface area contributed by atoms with Crippen LogP contribution in [0.25, 0.3) is 21.9 Å². The van der Waals surface area contributed by atoms with Crippen LogP contribution in [0.2, 0.25) is 5.02 Å². The second-order valence-electron chi connectivity index (χ2n) is 6.54. The van der Waals surface area contributed by atoms with Gasteiger partial charge in [-0.3, -0.25) is 0 Å². The Morgan fingerprint density at radius 1 is 1.12 bits per heavy atom. The van der Waals surface area contributed by atoms with Gasteiger partial charge in [0.05, 0.1) is 27.9 Å². The minimum Gasteiger partial charge on any atom is -0.493 e. The highest BCUT2D eigenvalue weighted by Crippen LogP contribution is 2.39. The molecule has 0 saturated carbocycles. The summed E-state index contributed by atoms with van der Waals surface area (Å²) in [6, 6.07) is 20.5. The summed E-state index contributed by atoms with van der Waals surface area (Å²) >= 11 is 7.75. The molecular weight excluding hydrogens is 468 g/mol. The number of thiazole rings is 1. The number of halogens is 1. The Labute approximate surface area is 194 Å². The summed E-state index contributed by atoms with van der Waals surface area (Å²) in [5, 5.41) is 10.3. The van der Waals surface area contributed by atoms with Gasteiger partial charge in [-0.2, -0.15) is 13.7 Å². The zero-order valence-electron chi connectivity index (χ0n) is 16.7. The SMILES string of the molecule is COc1cc(/C=C(\C#N)c2nc3ccccc3s2)cc(Cl)c1OS(=O)(=O)c1ccccc1. The first-order chi connectivity index (χ1) is 15.4. The molecule has 0 spiro atoms. The third-order valence-electron chi connectivity index (χ3n) is 4.43. The van der Waals surface area contributed by atoms with E-state index in [9.17, 15) is 13.7 Å². The summed E-state index contributed by atoms with van der Waals surface area (Å²) in [5.41, 5.74) is 1.68. The fourth-order valence-electron chi connectivity index (χ4n) is 2.94. The minimum atomic E-state index is -4.11. The van der Waals surface area contributed by atoms with Crippen LogP contribution in [-0.4, -0.2) is 20.5 Å². The van der Waals surface area contributed by atoms with E-state index in [0.29, 0.717) is 16.1 Å². The third kappa shape index (κ3) is 4.46. The largest absolute Gasteiger partial charge is 0.493 e. The first kappa shape index (κ1) is 21.8. The molecule has 6 nitrogen and oxygen atoms in total. The van der Waals surface area contributed by atoms with Crippen molar-refractivity contribution in [2.45, 2.75) is 4.90 Å². The molecule has 1 heterocycles. The summed E-state index contributed by atoms with van der Waals surface area (Å²) in [6.07, 6.45) is 1.61. The van der Waals surface area contributed by atoms with E-state index in [1.165, 1.54) is 36.6 Å². The van der Waals surface area contributed by atoms with Gasteiger partial charge in [0.25, 0.3) is 0 Å². The van der Waals surface area contributed by atoms with E-state index >= 15 is 0 Å². The molecule has 4 rings (SSSR count). The number of hydrogen-bond donors (Lipinski definition) is 0. The Kier molecular flexibility index (Phi) is 6.15. The predicted molar refractivity (Wildman–Crippen MR) is 125 cm³/mol. The number of rotatable bonds is 6. The van der Waals surface area contributed by atoms with Crippen molar-refractivity contribution >= 4 is 54.9 Å². The fraction of sp³-hybridized carbons (Fsp3) is 0.0435. The summed E-state index contributed by atoms with van der Waals surface area (Å²) in [6.45, 7) is 0. The summed E-state index contributed by atoms with van der Waals surface area (Å²) < 4.78 is 36.8. The van der Waals surface area contributed by atoms with Crippen molar-refractivity contribution < 1.29 is 17.3 Å². The van der Waals surface area contributed by atoms with Gasteiger partial charge in [0.15, 0.2) is 5.75 Å². The molecule has 9 heteroatoms.